The van der Waals surface area contributed by atoms with Crippen LogP contribution in [0.15, 0.2) is 102 Å². The van der Waals surface area contributed by atoms with Gasteiger partial charge in [0.1, 0.15) is 0 Å². The summed E-state index contributed by atoms with van der Waals surface area (Å²) in [5.41, 5.74) is 7.89. The summed E-state index contributed by atoms with van der Waals surface area (Å²) in [7, 11) is 0. The molecule has 218 valence electrons. The van der Waals surface area contributed by atoms with Gasteiger partial charge in [-0.3, -0.25) is 0 Å². The number of hydrogen-bond donors (Lipinski definition) is 0. The second-order valence-corrected chi connectivity index (χ2v) is 13.3. The van der Waals surface area contributed by atoms with Gasteiger partial charge in [0.05, 0.1) is 0 Å². The van der Waals surface area contributed by atoms with E-state index in [4.69, 9.17) is 14.2 Å². The number of rotatable bonds is 12. The molecule has 3 aromatic rings. The molecule has 0 amide bonds. The summed E-state index contributed by atoms with van der Waals surface area (Å²) in [6, 6.07) is 32.7. The third-order valence-corrected chi connectivity index (χ3v) is 10.4. The van der Waals surface area contributed by atoms with E-state index in [0.717, 1.165) is 8.17 Å². The Labute approximate surface area is 272 Å². The van der Waals surface area contributed by atoms with Crippen molar-refractivity contribution in [3.05, 3.63) is 119 Å². The Morgan fingerprint density at radius 1 is 0.738 bits per heavy atom. The van der Waals surface area contributed by atoms with E-state index in [1.165, 1.54) is 77.8 Å². The van der Waals surface area contributed by atoms with Gasteiger partial charge < -0.3 is 0 Å². The number of benzene rings is 3. The molecule has 0 saturated heterocycles. The maximum atomic E-state index is 7.17. The standard InChI is InChI=1S/C36H39NO3.2W/c1-6-38-24-30-32(27-18-12-9-13-19-27)34-33(28-20-14-10-15-21-28)31(25-39-7-2)36(34,40-8-3)37(26(4)5)35(30)29-22-16-11-17-23-29;;/h9-23,26,32,34H,6-8H2,1-5H3;;/t32-,34+,36+;;/m1../s1. The predicted octanol–water partition coefficient (Wildman–Crippen LogP) is 7.15. The van der Waals surface area contributed by atoms with Crippen LogP contribution in [0.2, 0.25) is 0 Å². The van der Waals surface area contributed by atoms with E-state index in [2.05, 4.69) is 131 Å². The van der Waals surface area contributed by atoms with Crippen LogP contribution in [-0.4, -0.2) is 44.7 Å². The normalized spacial score (nSPS) is 21.8. The molecular weight excluding hydrogens is 862 g/mol. The van der Waals surface area contributed by atoms with Crippen molar-refractivity contribution in [1.82, 2.24) is 4.90 Å². The van der Waals surface area contributed by atoms with Crippen molar-refractivity contribution in [2.75, 3.05) is 19.8 Å². The number of ether oxygens (including phenoxy) is 3. The van der Waals surface area contributed by atoms with Crippen LogP contribution < -0.4 is 0 Å². The zero-order valence-corrected chi connectivity index (χ0v) is 30.9. The van der Waals surface area contributed by atoms with Gasteiger partial charge in [-0.15, -0.1) is 0 Å². The Balaban J connectivity index is 1.96. The van der Waals surface area contributed by atoms with Crippen LogP contribution >= 0.6 is 0 Å². The topological polar surface area (TPSA) is 30.9 Å². The minimum absolute atomic E-state index is 0.0189. The Morgan fingerprint density at radius 3 is 1.79 bits per heavy atom. The zero-order chi connectivity index (χ0) is 29.9. The van der Waals surface area contributed by atoms with E-state index in [1.54, 1.807) is 0 Å². The van der Waals surface area contributed by atoms with Gasteiger partial charge in [0.2, 0.25) is 0 Å². The minimum atomic E-state index is -0.711. The Hall–Kier alpha value is -2.06. The summed E-state index contributed by atoms with van der Waals surface area (Å²) in [5, 5.41) is 0. The molecule has 3 aromatic carbocycles. The second kappa shape index (κ2) is 13.7. The molecule has 4 nitrogen and oxygen atoms in total. The van der Waals surface area contributed by atoms with Crippen LogP contribution in [0.5, 0.6) is 0 Å². The van der Waals surface area contributed by atoms with Crippen LogP contribution in [-0.2, 0) is 52.9 Å². The molecule has 1 aliphatic carbocycles. The monoisotopic (exact) mass is 901 g/mol. The molecule has 42 heavy (non-hydrogen) atoms. The molecule has 5 rings (SSSR count). The van der Waals surface area contributed by atoms with Gasteiger partial charge in [0.25, 0.3) is 0 Å². The number of fused-ring (bicyclic) bond motifs is 1. The number of hydrogen-bond acceptors (Lipinski definition) is 4. The molecule has 1 heterocycles. The van der Waals surface area contributed by atoms with Crippen molar-refractivity contribution in [2.45, 2.75) is 52.3 Å². The fourth-order valence-corrected chi connectivity index (χ4v) is 9.30. The molecule has 0 radical (unpaired) electrons. The molecule has 0 bridgehead atoms. The molecule has 0 spiro atoms. The number of nitrogens with zero attached hydrogens (tertiary/aromatic N) is 1. The maximum absolute atomic E-state index is 7.17. The molecular formula is C36H39NO3W2. The van der Waals surface area contributed by atoms with Crippen LogP contribution in [0.3, 0.4) is 0 Å². The summed E-state index contributed by atoms with van der Waals surface area (Å²) in [6.45, 7) is 12.7. The van der Waals surface area contributed by atoms with Crippen molar-refractivity contribution >= 4 is 19.4 Å². The second-order valence-electron chi connectivity index (χ2n) is 10.7. The van der Waals surface area contributed by atoms with E-state index < -0.39 is 5.72 Å². The first kappa shape index (κ1) is 31.4. The van der Waals surface area contributed by atoms with E-state index in [1.807, 2.05) is 0 Å². The van der Waals surface area contributed by atoms with E-state index in [-0.39, 0.29) is 17.9 Å². The van der Waals surface area contributed by atoms with Gasteiger partial charge in [-0.25, -0.2) is 0 Å². The first-order valence-corrected chi connectivity index (χ1v) is 17.8. The summed E-state index contributed by atoms with van der Waals surface area (Å²) >= 11 is 2.64. The fraction of sp³-hybridized carbons (Fsp3) is 0.333. The average molecular weight is 901 g/mol. The van der Waals surface area contributed by atoms with E-state index in [9.17, 15) is 0 Å². The first-order valence-electron chi connectivity index (χ1n) is 14.8. The van der Waals surface area contributed by atoms with Gasteiger partial charge in [-0.2, -0.15) is 0 Å². The average Bonchev–Trinajstić information content (AvgIpc) is 2.99. The van der Waals surface area contributed by atoms with E-state index >= 15 is 0 Å². The summed E-state index contributed by atoms with van der Waals surface area (Å²) in [5.74, 6) is 0.0390. The van der Waals surface area contributed by atoms with Crippen LogP contribution in [0.1, 0.15) is 57.2 Å². The van der Waals surface area contributed by atoms with Crippen molar-refractivity contribution in [3.8, 4) is 0 Å². The molecule has 0 fully saturated rings. The third-order valence-electron chi connectivity index (χ3n) is 8.00. The van der Waals surface area contributed by atoms with Crippen LogP contribution in [0.4, 0.5) is 0 Å². The third kappa shape index (κ3) is 5.40. The van der Waals surface area contributed by atoms with Crippen LogP contribution in [0.25, 0.3) is 11.3 Å². The van der Waals surface area contributed by atoms with Crippen molar-refractivity contribution in [3.63, 3.8) is 0 Å². The molecule has 1 aliphatic heterocycles. The van der Waals surface area contributed by atoms with Crippen molar-refractivity contribution in [1.29, 1.82) is 0 Å². The quantitative estimate of drug-likeness (QED) is 0.194. The summed E-state index contributed by atoms with van der Waals surface area (Å²) in [4.78, 5) is 2.55. The van der Waals surface area contributed by atoms with E-state index in [0.29, 0.717) is 19.8 Å². The summed E-state index contributed by atoms with van der Waals surface area (Å²) < 4.78 is 22.1. The van der Waals surface area contributed by atoms with Gasteiger partial charge in [-0.05, 0) is 0 Å². The zero-order valence-electron chi connectivity index (χ0n) is 25.0. The summed E-state index contributed by atoms with van der Waals surface area (Å²) in [6.07, 6.45) is 0. The van der Waals surface area contributed by atoms with Gasteiger partial charge >= 0.3 is 274 Å². The Kier molecular flexibility index (Phi) is 10.2. The molecule has 0 saturated carbocycles. The first-order chi connectivity index (χ1) is 20.4. The molecule has 0 unspecified atom stereocenters. The van der Waals surface area contributed by atoms with Gasteiger partial charge in [-0.1, -0.05) is 0 Å². The van der Waals surface area contributed by atoms with Crippen molar-refractivity contribution in [2.24, 2.45) is 5.92 Å². The molecule has 0 aromatic heterocycles. The van der Waals surface area contributed by atoms with Gasteiger partial charge in [0, 0.05) is 0 Å². The molecule has 6 heteroatoms. The molecule has 3 atom stereocenters. The fourth-order valence-electron chi connectivity index (χ4n) is 6.73. The SMILES string of the molecule is CCO[C](=[W])C1=C(c2ccccc2)N(C(C)C)[C@]2(OCC)C([C](=[W])OCC)=C(c3ccccc3)[C@@H]2[C@@H]1c1ccccc1. The Morgan fingerprint density at radius 2 is 1.26 bits per heavy atom. The van der Waals surface area contributed by atoms with Crippen molar-refractivity contribution < 1.29 is 52.9 Å². The van der Waals surface area contributed by atoms with Crippen LogP contribution in [0, 0.1) is 5.92 Å². The predicted molar refractivity (Wildman–Crippen MR) is 164 cm³/mol. The molecule has 2 aliphatic rings. The Bertz CT molecular complexity index is 1480. The van der Waals surface area contributed by atoms with Gasteiger partial charge in [0.15, 0.2) is 0 Å². The molecule has 0 N–H and O–H groups in total.